The molecule has 1 heterocycles. The van der Waals surface area contributed by atoms with Gasteiger partial charge in [-0.2, -0.15) is 0 Å². The summed E-state index contributed by atoms with van der Waals surface area (Å²) in [5, 5.41) is 9.75. The number of methoxy groups -OCH3 is 1. The number of carbonyl (C=O) groups is 2. The van der Waals surface area contributed by atoms with E-state index in [9.17, 15) is 14.7 Å². The van der Waals surface area contributed by atoms with E-state index < -0.39 is 11.1 Å². The van der Waals surface area contributed by atoms with Crippen molar-refractivity contribution in [3.63, 3.8) is 0 Å². The number of nitrogens with zero attached hydrogens (tertiary/aromatic N) is 1. The molecule has 1 saturated heterocycles. The fourth-order valence-corrected chi connectivity index (χ4v) is 3.81. The molecule has 0 atom stereocenters. The molecule has 1 aliphatic rings. The summed E-state index contributed by atoms with van der Waals surface area (Å²) in [5.41, 5.74) is 0.950. The van der Waals surface area contributed by atoms with Crippen LogP contribution in [0.25, 0.3) is 6.08 Å². The predicted molar refractivity (Wildman–Crippen MR) is 102 cm³/mol. The van der Waals surface area contributed by atoms with Crippen molar-refractivity contribution in [3.8, 4) is 11.5 Å². The third kappa shape index (κ3) is 3.40. The number of ether oxygens (including phenoxy) is 1. The van der Waals surface area contributed by atoms with Crippen LogP contribution in [-0.4, -0.2) is 23.4 Å². The van der Waals surface area contributed by atoms with E-state index in [0.717, 1.165) is 16.7 Å². The number of anilines is 1. The molecule has 1 fully saturated rings. The number of thioether (sulfide) groups is 1. The average molecular weight is 441 g/mol. The SMILES string of the molecule is COc1cc(C=C2SC(=O)N(c3ccccc3Cl)C2=O)cc(Br)c1O. The Morgan fingerprint density at radius 3 is 2.68 bits per heavy atom. The number of hydrogen-bond acceptors (Lipinski definition) is 5. The van der Waals surface area contributed by atoms with E-state index >= 15 is 0 Å². The Hall–Kier alpha value is -1.96. The molecule has 2 aromatic carbocycles. The molecule has 0 saturated carbocycles. The molecule has 3 rings (SSSR count). The zero-order valence-electron chi connectivity index (χ0n) is 12.8. The summed E-state index contributed by atoms with van der Waals surface area (Å²) in [4.78, 5) is 26.2. The molecule has 0 unspecified atom stereocenters. The lowest BCUT2D eigenvalue weighted by Crippen LogP contribution is -2.27. The lowest BCUT2D eigenvalue weighted by Gasteiger charge is -2.13. The molecule has 128 valence electrons. The third-order valence-corrected chi connectivity index (χ3v) is 5.25. The van der Waals surface area contributed by atoms with E-state index in [-0.39, 0.29) is 16.4 Å². The number of halogens is 2. The van der Waals surface area contributed by atoms with E-state index in [1.165, 1.54) is 7.11 Å². The van der Waals surface area contributed by atoms with Gasteiger partial charge in [0.1, 0.15) is 0 Å². The van der Waals surface area contributed by atoms with Crippen LogP contribution in [-0.2, 0) is 4.79 Å². The average Bonchev–Trinajstić information content (AvgIpc) is 2.85. The Bertz CT molecular complexity index is 916. The summed E-state index contributed by atoms with van der Waals surface area (Å²) < 4.78 is 5.51. The zero-order chi connectivity index (χ0) is 18.1. The van der Waals surface area contributed by atoms with Crippen LogP contribution in [0.2, 0.25) is 5.02 Å². The minimum atomic E-state index is -0.453. The summed E-state index contributed by atoms with van der Waals surface area (Å²) in [6, 6.07) is 9.86. The van der Waals surface area contributed by atoms with Crippen LogP contribution in [0.1, 0.15) is 5.56 Å². The minimum Gasteiger partial charge on any atom is -0.503 e. The van der Waals surface area contributed by atoms with Gasteiger partial charge in [-0.25, -0.2) is 4.90 Å². The first kappa shape index (κ1) is 17.8. The lowest BCUT2D eigenvalue weighted by atomic mass is 10.2. The van der Waals surface area contributed by atoms with Gasteiger partial charge < -0.3 is 9.84 Å². The first-order chi connectivity index (χ1) is 11.9. The number of aromatic hydroxyl groups is 1. The normalized spacial score (nSPS) is 16.0. The maximum absolute atomic E-state index is 12.6. The Kier molecular flexibility index (Phi) is 5.08. The summed E-state index contributed by atoms with van der Waals surface area (Å²) in [6.07, 6.45) is 1.56. The maximum atomic E-state index is 12.6. The molecule has 2 amide bonds. The number of rotatable bonds is 3. The molecule has 5 nitrogen and oxygen atoms in total. The highest BCUT2D eigenvalue weighted by Gasteiger charge is 2.37. The number of imide groups is 1. The van der Waals surface area contributed by atoms with Gasteiger partial charge in [0.2, 0.25) is 0 Å². The third-order valence-electron chi connectivity index (χ3n) is 3.46. The van der Waals surface area contributed by atoms with Crippen LogP contribution in [0.3, 0.4) is 0 Å². The maximum Gasteiger partial charge on any atom is 0.298 e. The molecule has 0 aromatic heterocycles. The van der Waals surface area contributed by atoms with Gasteiger partial charge in [-0.3, -0.25) is 9.59 Å². The Morgan fingerprint density at radius 1 is 1.28 bits per heavy atom. The molecule has 0 spiro atoms. The first-order valence-electron chi connectivity index (χ1n) is 7.01. The van der Waals surface area contributed by atoms with Gasteiger partial charge in [0.25, 0.3) is 11.1 Å². The molecular weight excluding hydrogens is 430 g/mol. The van der Waals surface area contributed by atoms with Gasteiger partial charge in [0, 0.05) is 0 Å². The van der Waals surface area contributed by atoms with Crippen LogP contribution >= 0.6 is 39.3 Å². The number of benzene rings is 2. The molecular formula is C17H11BrClNO4S. The number of phenols is 1. The van der Waals surface area contributed by atoms with Crippen LogP contribution < -0.4 is 9.64 Å². The Labute approximate surface area is 161 Å². The highest BCUT2D eigenvalue weighted by molar-refractivity contribution is 9.10. The number of hydrogen-bond donors (Lipinski definition) is 1. The second-order valence-electron chi connectivity index (χ2n) is 5.02. The smallest absolute Gasteiger partial charge is 0.298 e. The lowest BCUT2D eigenvalue weighted by molar-refractivity contribution is -0.113. The summed E-state index contributed by atoms with van der Waals surface area (Å²) in [6.45, 7) is 0. The zero-order valence-corrected chi connectivity index (χ0v) is 16.0. The van der Waals surface area contributed by atoms with Crippen molar-refractivity contribution in [2.24, 2.45) is 0 Å². The van der Waals surface area contributed by atoms with E-state index in [1.54, 1.807) is 42.5 Å². The van der Waals surface area contributed by atoms with Crippen molar-refractivity contribution in [1.82, 2.24) is 0 Å². The molecule has 0 aliphatic carbocycles. The van der Waals surface area contributed by atoms with E-state index in [0.29, 0.717) is 20.7 Å². The van der Waals surface area contributed by atoms with E-state index in [2.05, 4.69) is 15.9 Å². The van der Waals surface area contributed by atoms with Gasteiger partial charge in [0.15, 0.2) is 11.5 Å². The van der Waals surface area contributed by atoms with Crippen molar-refractivity contribution < 1.29 is 19.4 Å². The fourth-order valence-electron chi connectivity index (χ4n) is 2.29. The molecule has 1 N–H and O–H groups in total. The van der Waals surface area contributed by atoms with Crippen molar-refractivity contribution in [3.05, 3.63) is 56.4 Å². The molecule has 2 aromatic rings. The van der Waals surface area contributed by atoms with Crippen molar-refractivity contribution in [2.75, 3.05) is 12.0 Å². The minimum absolute atomic E-state index is 0.0381. The number of phenolic OH excluding ortho intramolecular Hbond substituents is 1. The van der Waals surface area contributed by atoms with Crippen LogP contribution in [0, 0.1) is 0 Å². The summed E-state index contributed by atoms with van der Waals surface area (Å²) in [7, 11) is 1.43. The summed E-state index contributed by atoms with van der Waals surface area (Å²) >= 11 is 10.1. The quantitative estimate of drug-likeness (QED) is 0.676. The Balaban J connectivity index is 1.99. The van der Waals surface area contributed by atoms with Gasteiger partial charge >= 0.3 is 0 Å². The van der Waals surface area contributed by atoms with Crippen LogP contribution in [0.15, 0.2) is 45.8 Å². The predicted octanol–water partition coefficient (Wildman–Crippen LogP) is 5.06. The number of para-hydroxylation sites is 1. The topological polar surface area (TPSA) is 66.8 Å². The van der Waals surface area contributed by atoms with Crippen molar-refractivity contribution in [2.45, 2.75) is 0 Å². The van der Waals surface area contributed by atoms with Crippen LogP contribution in [0.4, 0.5) is 10.5 Å². The molecule has 0 bridgehead atoms. The molecule has 1 aliphatic heterocycles. The second kappa shape index (κ2) is 7.11. The molecule has 8 heteroatoms. The highest BCUT2D eigenvalue weighted by atomic mass is 79.9. The van der Waals surface area contributed by atoms with Crippen molar-refractivity contribution in [1.29, 1.82) is 0 Å². The van der Waals surface area contributed by atoms with Crippen LogP contribution in [0.5, 0.6) is 11.5 Å². The summed E-state index contributed by atoms with van der Waals surface area (Å²) in [5.74, 6) is -0.235. The van der Waals surface area contributed by atoms with Gasteiger partial charge in [0.05, 0.1) is 27.2 Å². The second-order valence-corrected chi connectivity index (χ2v) is 7.28. The number of carbonyl (C=O) groups excluding carboxylic acids is 2. The monoisotopic (exact) mass is 439 g/mol. The largest absolute Gasteiger partial charge is 0.503 e. The van der Waals surface area contributed by atoms with Gasteiger partial charge in [-0.15, -0.1) is 0 Å². The fraction of sp³-hybridized carbons (Fsp3) is 0.0588. The first-order valence-corrected chi connectivity index (χ1v) is 9.00. The van der Waals surface area contributed by atoms with Crippen molar-refractivity contribution >= 4 is 62.2 Å². The van der Waals surface area contributed by atoms with E-state index in [1.807, 2.05) is 0 Å². The Morgan fingerprint density at radius 2 is 2.00 bits per heavy atom. The molecule has 0 radical (unpaired) electrons. The molecule has 25 heavy (non-hydrogen) atoms. The van der Waals surface area contributed by atoms with E-state index in [4.69, 9.17) is 16.3 Å². The standard InChI is InChI=1S/C17H11BrClNO4S/c1-24-13-7-9(6-10(18)15(13)21)8-14-16(22)20(17(23)25-14)12-5-3-2-4-11(12)19/h2-8,21H,1H3. The van der Waals surface area contributed by atoms with Gasteiger partial charge in [-0.1, -0.05) is 23.7 Å². The number of amides is 2. The highest BCUT2D eigenvalue weighted by Crippen LogP contribution is 2.40. The van der Waals surface area contributed by atoms with Gasteiger partial charge in [-0.05, 0) is 63.6 Å².